The van der Waals surface area contributed by atoms with E-state index in [0.29, 0.717) is 23.5 Å². The molecule has 11 nitrogen and oxygen atoms in total. The Balaban J connectivity index is 1.55. The van der Waals surface area contributed by atoms with Gasteiger partial charge in [0.15, 0.2) is 23.5 Å². The van der Waals surface area contributed by atoms with Crippen LogP contribution in [0.1, 0.15) is 26.5 Å². The molecule has 3 aliphatic rings. The second-order valence-corrected chi connectivity index (χ2v) is 7.38. The molecule has 1 unspecified atom stereocenters. The van der Waals surface area contributed by atoms with E-state index in [1.807, 2.05) is 18.4 Å². The summed E-state index contributed by atoms with van der Waals surface area (Å²) in [7, 11) is 0. The van der Waals surface area contributed by atoms with Crippen molar-refractivity contribution < 1.29 is 14.2 Å². The standard InChI is InChI=1S/C15H18N8O3/c1-14(2)24-9-10(25-14)15(3-7(15)4-21-22-17)26-13(9)23-6-20-8-11(16)18-5-19-12(8)23/h5-7,9-10,13H,3-4H2,1-2H3,(H2,16,18,19)/t7-,9?,10+,13+,15+/m0/s1. The van der Waals surface area contributed by atoms with Crippen LogP contribution < -0.4 is 5.73 Å². The third kappa shape index (κ3) is 2.05. The summed E-state index contributed by atoms with van der Waals surface area (Å²) in [6.45, 7) is 4.14. The minimum Gasteiger partial charge on any atom is -0.382 e. The molecule has 2 saturated heterocycles. The number of nitrogens with two attached hydrogens (primary N) is 1. The van der Waals surface area contributed by atoms with Gasteiger partial charge in [0.25, 0.3) is 0 Å². The van der Waals surface area contributed by atoms with Crippen LogP contribution in [-0.4, -0.2) is 49.7 Å². The number of rotatable bonds is 3. The van der Waals surface area contributed by atoms with E-state index < -0.39 is 17.6 Å². The van der Waals surface area contributed by atoms with Crippen LogP contribution in [0.5, 0.6) is 0 Å². The molecule has 2 aromatic heterocycles. The van der Waals surface area contributed by atoms with E-state index >= 15 is 0 Å². The Morgan fingerprint density at radius 3 is 3.00 bits per heavy atom. The smallest absolute Gasteiger partial charge is 0.167 e. The fourth-order valence-electron chi connectivity index (χ4n) is 4.18. The number of ether oxygens (including phenoxy) is 3. The first-order valence-electron chi connectivity index (χ1n) is 8.42. The van der Waals surface area contributed by atoms with Gasteiger partial charge in [-0.3, -0.25) is 4.57 Å². The normalized spacial score (nSPS) is 37.0. The first kappa shape index (κ1) is 15.8. The van der Waals surface area contributed by atoms with Gasteiger partial charge >= 0.3 is 0 Å². The summed E-state index contributed by atoms with van der Waals surface area (Å²) in [6, 6.07) is 0. The molecule has 0 radical (unpaired) electrons. The van der Waals surface area contributed by atoms with Gasteiger partial charge in [0.1, 0.15) is 29.7 Å². The Morgan fingerprint density at radius 2 is 2.19 bits per heavy atom. The Kier molecular flexibility index (Phi) is 3.06. The van der Waals surface area contributed by atoms with Gasteiger partial charge in [-0.25, -0.2) is 15.0 Å². The van der Waals surface area contributed by atoms with Crippen LogP contribution in [0.15, 0.2) is 17.8 Å². The van der Waals surface area contributed by atoms with E-state index in [1.54, 1.807) is 6.33 Å². The molecule has 26 heavy (non-hydrogen) atoms. The molecule has 2 N–H and O–H groups in total. The SMILES string of the molecule is CC1(C)OC2[C@H](n3cnc4c(N)ncnc43)O[C@@]3(C[C@H]3CN=[N+]=[N-])[C@@H]2O1. The van der Waals surface area contributed by atoms with Crippen LogP contribution in [0.2, 0.25) is 0 Å². The number of nitrogen functional groups attached to an aromatic ring is 1. The second-order valence-electron chi connectivity index (χ2n) is 7.38. The first-order valence-corrected chi connectivity index (χ1v) is 8.42. The highest BCUT2D eigenvalue weighted by Gasteiger charge is 2.73. The van der Waals surface area contributed by atoms with Gasteiger partial charge < -0.3 is 19.9 Å². The van der Waals surface area contributed by atoms with Gasteiger partial charge in [-0.15, -0.1) is 0 Å². The van der Waals surface area contributed by atoms with E-state index in [4.69, 9.17) is 25.5 Å². The van der Waals surface area contributed by atoms with E-state index in [-0.39, 0.29) is 18.1 Å². The van der Waals surface area contributed by atoms with Crippen molar-refractivity contribution in [1.29, 1.82) is 0 Å². The number of azide groups is 1. The van der Waals surface area contributed by atoms with Gasteiger partial charge in [-0.2, -0.15) is 0 Å². The van der Waals surface area contributed by atoms with Gasteiger partial charge in [-0.1, -0.05) is 5.11 Å². The molecular formula is C15H18N8O3. The molecule has 0 aromatic carbocycles. The van der Waals surface area contributed by atoms with Crippen molar-refractivity contribution in [2.24, 2.45) is 11.0 Å². The highest BCUT2D eigenvalue weighted by molar-refractivity contribution is 5.81. The monoisotopic (exact) mass is 358 g/mol. The zero-order valence-corrected chi connectivity index (χ0v) is 14.3. The second kappa shape index (κ2) is 5.04. The maximum atomic E-state index is 8.61. The summed E-state index contributed by atoms with van der Waals surface area (Å²) >= 11 is 0. The molecule has 0 bridgehead atoms. The Hall–Kier alpha value is -2.46. The van der Waals surface area contributed by atoms with E-state index in [1.165, 1.54) is 6.33 Å². The fraction of sp³-hybridized carbons (Fsp3) is 0.667. The van der Waals surface area contributed by atoms with E-state index in [9.17, 15) is 0 Å². The maximum absolute atomic E-state index is 8.61. The zero-order valence-electron chi connectivity index (χ0n) is 14.3. The average Bonchev–Trinajstić information content (AvgIpc) is 2.86. The lowest BCUT2D eigenvalue weighted by atomic mass is 10.1. The predicted molar refractivity (Wildman–Crippen MR) is 88.5 cm³/mol. The molecule has 1 saturated carbocycles. The molecule has 1 spiro atoms. The molecule has 11 heteroatoms. The van der Waals surface area contributed by atoms with Crippen LogP contribution in [-0.2, 0) is 14.2 Å². The molecular weight excluding hydrogens is 340 g/mol. The molecule has 1 aliphatic carbocycles. The number of hydrogen-bond acceptors (Lipinski definition) is 8. The maximum Gasteiger partial charge on any atom is 0.167 e. The number of anilines is 1. The molecule has 2 aromatic rings. The molecule has 5 rings (SSSR count). The van der Waals surface area contributed by atoms with Crippen molar-refractivity contribution >= 4 is 17.0 Å². The fourth-order valence-corrected chi connectivity index (χ4v) is 4.18. The molecule has 136 valence electrons. The van der Waals surface area contributed by atoms with Crippen molar-refractivity contribution in [3.05, 3.63) is 23.1 Å². The summed E-state index contributed by atoms with van der Waals surface area (Å²) in [6.07, 6.45) is 2.75. The van der Waals surface area contributed by atoms with Crippen LogP contribution in [0.3, 0.4) is 0 Å². The third-order valence-corrected chi connectivity index (χ3v) is 5.35. The lowest BCUT2D eigenvalue weighted by molar-refractivity contribution is -0.203. The average molecular weight is 358 g/mol. The Morgan fingerprint density at radius 1 is 1.35 bits per heavy atom. The quantitative estimate of drug-likeness (QED) is 0.497. The van der Waals surface area contributed by atoms with Crippen LogP contribution >= 0.6 is 0 Å². The predicted octanol–water partition coefficient (Wildman–Crippen LogP) is 1.53. The van der Waals surface area contributed by atoms with E-state index in [2.05, 4.69) is 25.0 Å². The summed E-state index contributed by atoms with van der Waals surface area (Å²) in [4.78, 5) is 15.4. The lowest BCUT2D eigenvalue weighted by Gasteiger charge is -2.25. The highest BCUT2D eigenvalue weighted by atomic mass is 16.8. The van der Waals surface area contributed by atoms with Crippen molar-refractivity contribution in [1.82, 2.24) is 19.5 Å². The third-order valence-electron chi connectivity index (χ3n) is 5.35. The molecule has 3 fully saturated rings. The van der Waals surface area contributed by atoms with Crippen LogP contribution in [0.25, 0.3) is 21.6 Å². The number of nitrogens with zero attached hydrogens (tertiary/aromatic N) is 7. The largest absolute Gasteiger partial charge is 0.382 e. The van der Waals surface area contributed by atoms with Crippen LogP contribution in [0.4, 0.5) is 5.82 Å². The minimum absolute atomic E-state index is 0.0999. The number of imidazole rings is 1. The van der Waals surface area contributed by atoms with E-state index in [0.717, 1.165) is 6.42 Å². The molecule has 5 atom stereocenters. The number of fused-ring (bicyclic) bond motifs is 3. The van der Waals surface area contributed by atoms with Crippen molar-refractivity contribution in [3.63, 3.8) is 0 Å². The zero-order chi connectivity index (χ0) is 18.1. The van der Waals surface area contributed by atoms with Gasteiger partial charge in [0.2, 0.25) is 0 Å². The van der Waals surface area contributed by atoms with Crippen molar-refractivity contribution in [2.75, 3.05) is 12.3 Å². The Labute approximate surface area is 148 Å². The molecule has 2 aliphatic heterocycles. The summed E-state index contributed by atoms with van der Waals surface area (Å²) in [5, 5.41) is 3.70. The van der Waals surface area contributed by atoms with Crippen molar-refractivity contribution in [3.8, 4) is 0 Å². The first-order chi connectivity index (χ1) is 12.5. The number of hydrogen-bond donors (Lipinski definition) is 1. The van der Waals surface area contributed by atoms with Crippen LogP contribution in [0, 0.1) is 5.92 Å². The van der Waals surface area contributed by atoms with Gasteiger partial charge in [0, 0.05) is 11.5 Å². The Bertz CT molecular complexity index is 938. The highest BCUT2D eigenvalue weighted by Crippen LogP contribution is 2.62. The molecule has 4 heterocycles. The summed E-state index contributed by atoms with van der Waals surface area (Å²) in [5.74, 6) is -0.308. The lowest BCUT2D eigenvalue weighted by Crippen LogP contribution is -2.33. The summed E-state index contributed by atoms with van der Waals surface area (Å²) in [5.41, 5.74) is 15.1. The minimum atomic E-state index is -0.722. The van der Waals surface area contributed by atoms with Gasteiger partial charge in [-0.05, 0) is 31.7 Å². The van der Waals surface area contributed by atoms with Gasteiger partial charge in [0.05, 0.1) is 6.33 Å². The topological polar surface area (TPSA) is 146 Å². The molecule has 0 amide bonds. The van der Waals surface area contributed by atoms with Crippen molar-refractivity contribution in [2.45, 2.75) is 50.1 Å². The number of aromatic nitrogens is 4. The summed E-state index contributed by atoms with van der Waals surface area (Å²) < 4.78 is 20.5.